The van der Waals surface area contributed by atoms with Crippen LogP contribution in [0.2, 0.25) is 0 Å². The summed E-state index contributed by atoms with van der Waals surface area (Å²) in [6.07, 6.45) is 3.02. The normalized spacial score (nSPS) is 10.7. The molecule has 1 heterocycles. The van der Waals surface area contributed by atoms with Gasteiger partial charge in [0.05, 0.1) is 5.69 Å². The number of benzene rings is 1. The maximum Gasteiger partial charge on any atom is 0.399 e. The fourth-order valence-electron chi connectivity index (χ4n) is 1.90. The maximum atomic E-state index is 5.62. The number of aromatic nitrogens is 1. The number of hydrogen-bond donors (Lipinski definition) is 1. The summed E-state index contributed by atoms with van der Waals surface area (Å²) in [4.78, 5) is 4.29. The van der Waals surface area contributed by atoms with E-state index in [0.29, 0.717) is 12.6 Å². The van der Waals surface area contributed by atoms with Crippen molar-refractivity contribution in [1.29, 1.82) is 0 Å². The van der Waals surface area contributed by atoms with Crippen LogP contribution in [0.5, 0.6) is 11.8 Å². The third kappa shape index (κ3) is 4.10. The van der Waals surface area contributed by atoms with Crippen LogP contribution in [0.3, 0.4) is 0 Å². The molecule has 0 atom stereocenters. The molecule has 0 unspecified atom stereocenters. The van der Waals surface area contributed by atoms with Gasteiger partial charge >= 0.3 is 6.08 Å². The lowest BCUT2D eigenvalue weighted by Gasteiger charge is -2.03. The third-order valence-corrected chi connectivity index (χ3v) is 2.66. The quantitative estimate of drug-likeness (QED) is 0.806. The molecule has 2 aromatic rings. The first-order valence-electron chi connectivity index (χ1n) is 6.58. The summed E-state index contributed by atoms with van der Waals surface area (Å²) in [6.45, 7) is 7.88. The molecule has 0 saturated heterocycles. The lowest BCUT2D eigenvalue weighted by atomic mass is 10.1. The molecule has 2 rings (SSSR count). The molecular formula is C15H20N2O2. The topological polar surface area (TPSA) is 47.3 Å². The highest BCUT2D eigenvalue weighted by Gasteiger charge is 2.06. The summed E-state index contributed by atoms with van der Waals surface area (Å²) >= 11 is 0. The molecule has 0 fully saturated rings. The van der Waals surface area contributed by atoms with E-state index < -0.39 is 0 Å². The van der Waals surface area contributed by atoms with Gasteiger partial charge in [-0.3, -0.25) is 0 Å². The zero-order valence-corrected chi connectivity index (χ0v) is 11.7. The average molecular weight is 260 g/mol. The van der Waals surface area contributed by atoms with Gasteiger partial charge in [-0.05, 0) is 50.1 Å². The van der Waals surface area contributed by atoms with Gasteiger partial charge in [-0.25, -0.2) is 0 Å². The van der Waals surface area contributed by atoms with Gasteiger partial charge in [0.1, 0.15) is 12.0 Å². The Labute approximate surface area is 113 Å². The van der Waals surface area contributed by atoms with Gasteiger partial charge in [-0.1, -0.05) is 13.0 Å². The smallest absolute Gasteiger partial charge is 0.399 e. The Morgan fingerprint density at radius 2 is 1.95 bits per heavy atom. The molecule has 0 bridgehead atoms. The Kier molecular flexibility index (Phi) is 4.58. The Morgan fingerprint density at radius 3 is 2.63 bits per heavy atom. The van der Waals surface area contributed by atoms with Crippen LogP contribution < -0.4 is 10.1 Å². The molecule has 19 heavy (non-hydrogen) atoms. The number of ether oxygens (including phenoxy) is 1. The minimum atomic E-state index is 0.290. The highest BCUT2D eigenvalue weighted by Crippen LogP contribution is 2.23. The zero-order chi connectivity index (χ0) is 13.7. The van der Waals surface area contributed by atoms with Gasteiger partial charge in [-0.15, -0.1) is 0 Å². The first-order valence-corrected chi connectivity index (χ1v) is 6.58. The van der Waals surface area contributed by atoms with Crippen LogP contribution in [-0.4, -0.2) is 11.5 Å². The summed E-state index contributed by atoms with van der Waals surface area (Å²) in [5, 5.41) is 3.27. The van der Waals surface area contributed by atoms with E-state index in [2.05, 4.69) is 23.3 Å². The second-order valence-corrected chi connectivity index (χ2v) is 4.71. The first-order chi connectivity index (χ1) is 9.17. The van der Waals surface area contributed by atoms with Gasteiger partial charge in [0.25, 0.3) is 0 Å². The van der Waals surface area contributed by atoms with Crippen LogP contribution in [-0.2, 0) is 6.54 Å². The van der Waals surface area contributed by atoms with Crippen LogP contribution >= 0.6 is 0 Å². The number of aryl methyl sites for hydroxylation is 2. The van der Waals surface area contributed by atoms with Crippen molar-refractivity contribution in [3.8, 4) is 11.8 Å². The molecule has 1 N–H and O–H groups in total. The Balaban J connectivity index is 1.99. The fraction of sp³-hybridized carbons (Fsp3) is 0.400. The van der Waals surface area contributed by atoms with Gasteiger partial charge in [0.2, 0.25) is 0 Å². The van der Waals surface area contributed by atoms with Crippen LogP contribution in [0, 0.1) is 13.8 Å². The third-order valence-electron chi connectivity index (χ3n) is 2.66. The van der Waals surface area contributed by atoms with E-state index in [0.717, 1.165) is 35.5 Å². The van der Waals surface area contributed by atoms with Crippen molar-refractivity contribution < 1.29 is 9.15 Å². The molecule has 4 heteroatoms. The molecule has 0 saturated carbocycles. The average Bonchev–Trinajstić information content (AvgIpc) is 2.76. The number of oxazole rings is 1. The van der Waals surface area contributed by atoms with Crippen LogP contribution in [0.4, 0.5) is 0 Å². The summed E-state index contributed by atoms with van der Waals surface area (Å²) in [5.41, 5.74) is 3.17. The number of hydrogen-bond acceptors (Lipinski definition) is 4. The van der Waals surface area contributed by atoms with Crippen molar-refractivity contribution >= 4 is 0 Å². The van der Waals surface area contributed by atoms with E-state index in [9.17, 15) is 0 Å². The van der Waals surface area contributed by atoms with E-state index in [1.165, 1.54) is 0 Å². The largest absolute Gasteiger partial charge is 0.417 e. The molecule has 0 spiro atoms. The zero-order valence-electron chi connectivity index (χ0n) is 11.7. The molecular weight excluding hydrogens is 240 g/mol. The summed E-state index contributed by atoms with van der Waals surface area (Å²) in [5.74, 6) is 0.757. The molecule has 0 aliphatic heterocycles. The monoisotopic (exact) mass is 260 g/mol. The van der Waals surface area contributed by atoms with Crippen LogP contribution in [0.25, 0.3) is 0 Å². The van der Waals surface area contributed by atoms with E-state index >= 15 is 0 Å². The van der Waals surface area contributed by atoms with Crippen molar-refractivity contribution in [3.63, 3.8) is 0 Å². The van der Waals surface area contributed by atoms with E-state index in [4.69, 9.17) is 9.15 Å². The van der Waals surface area contributed by atoms with Gasteiger partial charge < -0.3 is 14.5 Å². The fourth-order valence-corrected chi connectivity index (χ4v) is 1.90. The molecule has 1 aromatic heterocycles. The Hall–Kier alpha value is -1.81. The van der Waals surface area contributed by atoms with Crippen molar-refractivity contribution in [2.45, 2.75) is 33.7 Å². The van der Waals surface area contributed by atoms with Crippen LogP contribution in [0.1, 0.15) is 30.2 Å². The highest BCUT2D eigenvalue weighted by atomic mass is 16.6. The summed E-state index contributed by atoms with van der Waals surface area (Å²) in [7, 11) is 0. The lowest BCUT2D eigenvalue weighted by molar-refractivity contribution is 0.330. The van der Waals surface area contributed by atoms with Crippen molar-refractivity contribution in [3.05, 3.63) is 41.3 Å². The number of rotatable bonds is 6. The minimum absolute atomic E-state index is 0.290. The highest BCUT2D eigenvalue weighted by molar-refractivity contribution is 5.34. The molecule has 4 nitrogen and oxygen atoms in total. The molecule has 0 aliphatic rings. The number of nitrogens with zero attached hydrogens (tertiary/aromatic N) is 1. The predicted octanol–water partition coefficient (Wildman–Crippen LogP) is 3.58. The summed E-state index contributed by atoms with van der Waals surface area (Å²) < 4.78 is 10.9. The standard InChI is InChI=1S/C15H20N2O2/c1-4-5-16-9-13-10-18-15(17-13)19-14-7-11(2)6-12(3)8-14/h6-8,10,16H,4-5,9H2,1-3H3. The number of nitrogens with one attached hydrogen (secondary N) is 1. The predicted molar refractivity (Wildman–Crippen MR) is 74.5 cm³/mol. The van der Waals surface area contributed by atoms with Crippen molar-refractivity contribution in [2.75, 3.05) is 6.54 Å². The molecule has 1 aromatic carbocycles. The molecule has 0 amide bonds. The van der Waals surface area contributed by atoms with Crippen molar-refractivity contribution in [1.82, 2.24) is 10.3 Å². The Morgan fingerprint density at radius 1 is 1.21 bits per heavy atom. The van der Waals surface area contributed by atoms with Gasteiger partial charge in [0, 0.05) is 6.54 Å². The van der Waals surface area contributed by atoms with Crippen LogP contribution in [0.15, 0.2) is 28.9 Å². The first kappa shape index (κ1) is 13.6. The summed E-state index contributed by atoms with van der Waals surface area (Å²) in [6, 6.07) is 6.03. The molecule has 0 radical (unpaired) electrons. The SMILES string of the molecule is CCCNCc1coc(Oc2cc(C)cc(C)c2)n1. The maximum absolute atomic E-state index is 5.62. The minimum Gasteiger partial charge on any atom is -0.417 e. The lowest BCUT2D eigenvalue weighted by Crippen LogP contribution is -2.13. The van der Waals surface area contributed by atoms with Crippen molar-refractivity contribution in [2.24, 2.45) is 0 Å². The van der Waals surface area contributed by atoms with E-state index in [1.54, 1.807) is 6.26 Å². The second kappa shape index (κ2) is 6.38. The Bertz CT molecular complexity index is 514. The van der Waals surface area contributed by atoms with E-state index in [-0.39, 0.29) is 0 Å². The molecule has 0 aliphatic carbocycles. The van der Waals surface area contributed by atoms with E-state index in [1.807, 2.05) is 26.0 Å². The van der Waals surface area contributed by atoms with Gasteiger partial charge in [0.15, 0.2) is 0 Å². The molecule has 102 valence electrons. The van der Waals surface area contributed by atoms with Gasteiger partial charge in [-0.2, -0.15) is 4.98 Å². The second-order valence-electron chi connectivity index (χ2n) is 4.71.